The molecule has 0 spiro atoms. The molecule has 0 unspecified atom stereocenters. The van der Waals surface area contributed by atoms with Crippen molar-refractivity contribution in [2.45, 2.75) is 12.8 Å². The summed E-state index contributed by atoms with van der Waals surface area (Å²) in [4.78, 5) is 8.41. The molecule has 0 aliphatic heterocycles. The molecule has 0 saturated heterocycles. The molecule has 1 aliphatic rings. The van der Waals surface area contributed by atoms with E-state index in [4.69, 9.17) is 17.4 Å². The number of hydrogen-bond donors (Lipinski definition) is 2. The topological polar surface area (TPSA) is 63.8 Å². The molecule has 0 radical (unpaired) electrons. The van der Waals surface area contributed by atoms with Gasteiger partial charge in [0.15, 0.2) is 11.0 Å². The van der Waals surface area contributed by atoms with Gasteiger partial charge in [-0.15, -0.1) is 0 Å². The lowest BCUT2D eigenvalue weighted by Crippen LogP contribution is -2.12. The molecule has 3 N–H and O–H groups in total. The molecule has 1 heterocycles. The van der Waals surface area contributed by atoms with Crippen LogP contribution in [-0.2, 0) is 6.42 Å². The number of nitrogens with two attached hydrogens (primary N) is 1. The molecular weight excluding hydrogens is 188 g/mol. The van der Waals surface area contributed by atoms with Crippen molar-refractivity contribution in [1.82, 2.24) is 9.97 Å². The summed E-state index contributed by atoms with van der Waals surface area (Å²) in [6.07, 6.45) is 5.88. The predicted octanol–water partition coefficient (Wildman–Crippen LogP) is 1.38. The van der Waals surface area contributed by atoms with Gasteiger partial charge in [0.25, 0.3) is 0 Å². The van der Waals surface area contributed by atoms with Crippen LogP contribution in [0.3, 0.4) is 0 Å². The largest absolute Gasteiger partial charge is 0.306 e. The van der Waals surface area contributed by atoms with Crippen LogP contribution >= 0.6 is 11.6 Å². The van der Waals surface area contributed by atoms with Gasteiger partial charge >= 0.3 is 0 Å². The predicted molar refractivity (Wildman–Crippen MR) is 52.2 cm³/mol. The van der Waals surface area contributed by atoms with Crippen molar-refractivity contribution in [3.8, 4) is 0 Å². The Morgan fingerprint density at radius 2 is 2.31 bits per heavy atom. The zero-order valence-corrected chi connectivity index (χ0v) is 7.67. The van der Waals surface area contributed by atoms with E-state index in [0.29, 0.717) is 11.0 Å². The van der Waals surface area contributed by atoms with Crippen molar-refractivity contribution in [3.63, 3.8) is 0 Å². The third-order valence-electron chi connectivity index (χ3n) is 1.92. The van der Waals surface area contributed by atoms with Gasteiger partial charge in [-0.3, -0.25) is 0 Å². The Kier molecular flexibility index (Phi) is 2.16. The number of aryl methyl sites for hydroxylation is 1. The molecule has 4 nitrogen and oxygen atoms in total. The minimum atomic E-state index is 0.330. The number of aromatic nitrogens is 2. The Morgan fingerprint density at radius 3 is 3.08 bits per heavy atom. The van der Waals surface area contributed by atoms with E-state index in [1.165, 1.54) is 0 Å². The smallest absolute Gasteiger partial charge is 0.178 e. The maximum atomic E-state index is 5.82. The lowest BCUT2D eigenvalue weighted by Gasteiger charge is -2.10. The SMILES string of the molecule is NNc1nc2c(nc1Cl)CCC=C2. The molecule has 0 aromatic carbocycles. The van der Waals surface area contributed by atoms with Crippen LogP contribution in [0.2, 0.25) is 5.15 Å². The highest BCUT2D eigenvalue weighted by Gasteiger charge is 2.11. The maximum absolute atomic E-state index is 5.82. The second-order valence-corrected chi connectivity index (χ2v) is 3.14. The van der Waals surface area contributed by atoms with Gasteiger partial charge in [0, 0.05) is 0 Å². The third-order valence-corrected chi connectivity index (χ3v) is 2.18. The first kappa shape index (κ1) is 8.47. The molecular formula is C8H9ClN4. The molecule has 0 bridgehead atoms. The molecule has 13 heavy (non-hydrogen) atoms. The van der Waals surface area contributed by atoms with Crippen molar-refractivity contribution in [2.24, 2.45) is 5.84 Å². The summed E-state index contributed by atoms with van der Waals surface area (Å²) in [6.45, 7) is 0. The maximum Gasteiger partial charge on any atom is 0.178 e. The Balaban J connectivity index is 2.52. The van der Waals surface area contributed by atoms with Crippen LogP contribution in [0.4, 0.5) is 5.82 Å². The zero-order valence-electron chi connectivity index (χ0n) is 6.92. The van der Waals surface area contributed by atoms with Gasteiger partial charge in [-0.05, 0) is 18.9 Å². The van der Waals surface area contributed by atoms with Crippen molar-refractivity contribution in [2.75, 3.05) is 5.43 Å². The molecule has 1 aromatic heterocycles. The molecule has 0 fully saturated rings. The molecule has 68 valence electrons. The van der Waals surface area contributed by atoms with Crippen LogP contribution in [0.25, 0.3) is 6.08 Å². The minimum Gasteiger partial charge on any atom is -0.306 e. The summed E-state index contributed by atoms with van der Waals surface area (Å²) in [5.74, 6) is 5.65. The molecule has 5 heteroatoms. The van der Waals surface area contributed by atoms with Crippen LogP contribution in [0.15, 0.2) is 6.08 Å². The van der Waals surface area contributed by atoms with E-state index in [-0.39, 0.29) is 0 Å². The highest BCUT2D eigenvalue weighted by molar-refractivity contribution is 6.31. The highest BCUT2D eigenvalue weighted by Crippen LogP contribution is 2.22. The quantitative estimate of drug-likeness (QED) is 0.526. The molecule has 0 saturated carbocycles. The first-order valence-electron chi connectivity index (χ1n) is 4.01. The van der Waals surface area contributed by atoms with E-state index in [9.17, 15) is 0 Å². The van der Waals surface area contributed by atoms with E-state index in [1.807, 2.05) is 6.08 Å². The van der Waals surface area contributed by atoms with Crippen molar-refractivity contribution in [1.29, 1.82) is 0 Å². The van der Waals surface area contributed by atoms with Gasteiger partial charge in [0.1, 0.15) is 0 Å². The number of nitrogens with one attached hydrogen (secondary N) is 1. The minimum absolute atomic E-state index is 0.330. The van der Waals surface area contributed by atoms with Crippen molar-refractivity contribution >= 4 is 23.5 Å². The lowest BCUT2D eigenvalue weighted by atomic mass is 10.1. The molecule has 1 aromatic rings. The van der Waals surface area contributed by atoms with Crippen LogP contribution in [0.1, 0.15) is 17.8 Å². The highest BCUT2D eigenvalue weighted by atomic mass is 35.5. The van der Waals surface area contributed by atoms with E-state index in [2.05, 4.69) is 21.5 Å². The lowest BCUT2D eigenvalue weighted by molar-refractivity contribution is 0.902. The summed E-state index contributed by atoms with van der Waals surface area (Å²) in [5.41, 5.74) is 4.19. The monoisotopic (exact) mass is 196 g/mol. The van der Waals surface area contributed by atoms with E-state index in [0.717, 1.165) is 24.2 Å². The van der Waals surface area contributed by atoms with Crippen LogP contribution in [0, 0.1) is 0 Å². The number of rotatable bonds is 1. The Labute approximate surface area is 80.8 Å². The second kappa shape index (κ2) is 3.32. The summed E-state index contributed by atoms with van der Waals surface area (Å²) in [7, 11) is 0. The van der Waals surface area contributed by atoms with Crippen LogP contribution in [0.5, 0.6) is 0 Å². The van der Waals surface area contributed by atoms with Gasteiger partial charge in [0.05, 0.1) is 11.4 Å². The average molecular weight is 197 g/mol. The summed E-state index contributed by atoms with van der Waals surface area (Å²) in [5, 5.41) is 0.330. The number of halogens is 1. The van der Waals surface area contributed by atoms with Gasteiger partial charge in [-0.2, -0.15) is 0 Å². The molecule has 0 amide bonds. The fraction of sp³-hybridized carbons (Fsp3) is 0.250. The van der Waals surface area contributed by atoms with Gasteiger partial charge in [-0.1, -0.05) is 17.7 Å². The first-order valence-corrected chi connectivity index (χ1v) is 4.38. The number of allylic oxidation sites excluding steroid dienone is 1. The number of nitrogen functional groups attached to an aromatic ring is 1. The fourth-order valence-corrected chi connectivity index (χ4v) is 1.48. The summed E-state index contributed by atoms with van der Waals surface area (Å²) < 4.78 is 0. The average Bonchev–Trinajstić information content (AvgIpc) is 2.17. The first-order chi connectivity index (χ1) is 6.31. The van der Waals surface area contributed by atoms with E-state index in [1.54, 1.807) is 0 Å². The van der Waals surface area contributed by atoms with Gasteiger partial charge in [-0.25, -0.2) is 15.8 Å². The third kappa shape index (κ3) is 1.50. The fourth-order valence-electron chi connectivity index (χ4n) is 1.28. The number of hydrazine groups is 1. The second-order valence-electron chi connectivity index (χ2n) is 2.78. The normalized spacial score (nSPS) is 14.0. The van der Waals surface area contributed by atoms with Gasteiger partial charge in [0.2, 0.25) is 0 Å². The van der Waals surface area contributed by atoms with Gasteiger partial charge < -0.3 is 5.43 Å². The van der Waals surface area contributed by atoms with Crippen LogP contribution in [-0.4, -0.2) is 9.97 Å². The summed E-state index contributed by atoms with van der Waals surface area (Å²) >= 11 is 5.82. The standard InChI is InChI=1S/C8H9ClN4/c9-7-8(13-10)12-6-4-2-1-3-5(6)11-7/h2,4H,1,3,10H2,(H,12,13). The van der Waals surface area contributed by atoms with Crippen molar-refractivity contribution in [3.05, 3.63) is 22.6 Å². The molecule has 1 aliphatic carbocycles. The van der Waals surface area contributed by atoms with Crippen molar-refractivity contribution < 1.29 is 0 Å². The zero-order chi connectivity index (χ0) is 9.26. The van der Waals surface area contributed by atoms with E-state index >= 15 is 0 Å². The number of anilines is 1. The Bertz CT molecular complexity index is 361. The molecule has 0 atom stereocenters. The number of fused-ring (bicyclic) bond motifs is 1. The van der Waals surface area contributed by atoms with E-state index < -0.39 is 0 Å². The Hall–Kier alpha value is -1.13. The number of nitrogens with zero attached hydrogens (tertiary/aromatic N) is 2. The summed E-state index contributed by atoms with van der Waals surface area (Å²) in [6, 6.07) is 0. The molecule has 2 rings (SSSR count). The Morgan fingerprint density at radius 1 is 1.46 bits per heavy atom. The number of hydrogen-bond acceptors (Lipinski definition) is 4. The van der Waals surface area contributed by atoms with Crippen LogP contribution < -0.4 is 11.3 Å².